The smallest absolute Gasteiger partial charge is 0.417 e. The highest BCUT2D eigenvalue weighted by atomic mass is 32.2. The van der Waals surface area contributed by atoms with Gasteiger partial charge in [-0.1, -0.05) is 6.07 Å². The minimum Gasteiger partial charge on any atom is -0.465 e. The van der Waals surface area contributed by atoms with Crippen LogP contribution in [0.25, 0.3) is 11.3 Å². The fraction of sp³-hybridized carbons (Fsp3) is 0.520. The van der Waals surface area contributed by atoms with E-state index in [1.165, 1.54) is 23.0 Å². The van der Waals surface area contributed by atoms with Crippen molar-refractivity contribution < 1.29 is 45.1 Å². The van der Waals surface area contributed by atoms with Crippen LogP contribution in [-0.2, 0) is 27.9 Å². The molecule has 0 bridgehead atoms. The molecular weight excluding hydrogens is 577 g/mol. The first-order chi connectivity index (χ1) is 19.0. The maximum atomic E-state index is 13.8. The number of carbonyl (C=O) groups is 2. The average molecular weight is 604 g/mol. The molecule has 2 amide bonds. The van der Waals surface area contributed by atoms with Gasteiger partial charge in [-0.05, 0) is 50.3 Å². The lowest BCUT2D eigenvalue weighted by Gasteiger charge is -2.40. The summed E-state index contributed by atoms with van der Waals surface area (Å²) in [6.45, 7) is -1.43. The quantitative estimate of drug-likeness (QED) is 0.494. The van der Waals surface area contributed by atoms with E-state index in [2.05, 4.69) is 10.4 Å². The van der Waals surface area contributed by atoms with E-state index in [1.807, 2.05) is 6.07 Å². The fourth-order valence-corrected chi connectivity index (χ4v) is 6.99. The Morgan fingerprint density at radius 1 is 1.17 bits per heavy atom. The molecule has 2 aromatic rings. The largest absolute Gasteiger partial charge is 0.465 e. The summed E-state index contributed by atoms with van der Waals surface area (Å²) in [6.07, 6.45) is -3.40. The van der Waals surface area contributed by atoms with Gasteiger partial charge in [0.2, 0.25) is 5.91 Å². The Bertz CT molecular complexity index is 1490. The second-order valence-corrected chi connectivity index (χ2v) is 12.6. The van der Waals surface area contributed by atoms with Gasteiger partial charge in [0.05, 0.1) is 40.6 Å². The number of amides is 2. The summed E-state index contributed by atoms with van der Waals surface area (Å²) in [7, 11) is -2.86. The zero-order chi connectivity index (χ0) is 30.4. The predicted molar refractivity (Wildman–Crippen MR) is 132 cm³/mol. The van der Waals surface area contributed by atoms with E-state index in [0.717, 1.165) is 17.0 Å². The second kappa shape index (κ2) is 10.6. The summed E-state index contributed by atoms with van der Waals surface area (Å²) >= 11 is 0. The van der Waals surface area contributed by atoms with E-state index in [9.17, 15) is 40.0 Å². The predicted octanol–water partition coefficient (Wildman–Crippen LogP) is 3.84. The first kappa shape index (κ1) is 30.2. The van der Waals surface area contributed by atoms with E-state index >= 15 is 0 Å². The molecule has 10 nitrogen and oxygen atoms in total. The number of alkyl halides is 5. The summed E-state index contributed by atoms with van der Waals surface area (Å²) in [5, 5.41) is 21.3. The average Bonchev–Trinajstić information content (AvgIpc) is 3.24. The molecule has 3 fully saturated rings. The maximum Gasteiger partial charge on any atom is 0.417 e. The molecule has 2 N–H and O–H groups in total. The Morgan fingerprint density at radius 2 is 1.83 bits per heavy atom. The first-order valence-corrected chi connectivity index (χ1v) is 14.1. The van der Waals surface area contributed by atoms with E-state index < -0.39 is 74.2 Å². The minimum absolute atomic E-state index is 0.0102. The molecule has 0 spiro atoms. The van der Waals surface area contributed by atoms with Crippen molar-refractivity contribution in [1.29, 1.82) is 5.26 Å². The number of benzene rings is 1. The molecule has 2 heterocycles. The van der Waals surface area contributed by atoms with Crippen LogP contribution in [0.3, 0.4) is 0 Å². The van der Waals surface area contributed by atoms with Crippen LogP contribution in [0.1, 0.15) is 37.7 Å². The summed E-state index contributed by atoms with van der Waals surface area (Å²) < 4.78 is 95.1. The van der Waals surface area contributed by atoms with Crippen LogP contribution < -0.4 is 5.32 Å². The highest BCUT2D eigenvalue weighted by Gasteiger charge is 2.50. The molecular formula is C25H26F5N5O5S. The SMILES string of the molecule is Cn1nccc1-c1ccc(S(=O)(=O)[C@@H]2CC[C@@H](C(=O)N3CC(F)(F)C3)C2)c(C(F)(F)F)c1.N#CC1(NC(=O)O)CC1. The van der Waals surface area contributed by atoms with E-state index in [0.29, 0.717) is 18.5 Å². The molecule has 0 radical (unpaired) electrons. The summed E-state index contributed by atoms with van der Waals surface area (Å²) in [5.41, 5.74) is -1.47. The van der Waals surface area contributed by atoms with Gasteiger partial charge in [-0.2, -0.15) is 23.5 Å². The topological polar surface area (TPSA) is 145 Å². The number of halogens is 5. The molecule has 1 aliphatic heterocycles. The normalized spacial score (nSPS) is 22.5. The number of hydrogen-bond acceptors (Lipinski definition) is 6. The van der Waals surface area contributed by atoms with Gasteiger partial charge in [-0.15, -0.1) is 0 Å². The van der Waals surface area contributed by atoms with Gasteiger partial charge in [0.15, 0.2) is 9.84 Å². The van der Waals surface area contributed by atoms with Crippen molar-refractivity contribution in [3.05, 3.63) is 36.0 Å². The molecule has 2 atom stereocenters. The lowest BCUT2D eigenvalue weighted by atomic mass is 10.0. The van der Waals surface area contributed by atoms with Crippen LogP contribution in [0, 0.1) is 17.2 Å². The minimum atomic E-state index is -4.92. The molecule has 3 aliphatic rings. The Morgan fingerprint density at radius 3 is 2.29 bits per heavy atom. The number of carboxylic acid groups (broad SMARTS) is 1. The van der Waals surface area contributed by atoms with Crippen molar-refractivity contribution >= 4 is 21.8 Å². The number of rotatable bonds is 5. The molecule has 16 heteroatoms. The Balaban J connectivity index is 0.000000367. The van der Waals surface area contributed by atoms with Crippen molar-refractivity contribution in [3.63, 3.8) is 0 Å². The molecule has 1 aromatic heterocycles. The van der Waals surface area contributed by atoms with Crippen molar-refractivity contribution in [3.8, 4) is 17.3 Å². The maximum absolute atomic E-state index is 13.8. The molecule has 1 aromatic carbocycles. The number of likely N-dealkylation sites (tertiary alicyclic amines) is 1. The highest BCUT2D eigenvalue weighted by Crippen LogP contribution is 2.42. The van der Waals surface area contributed by atoms with E-state index in [1.54, 1.807) is 7.05 Å². The van der Waals surface area contributed by atoms with Gasteiger partial charge in [0.1, 0.15) is 5.54 Å². The van der Waals surface area contributed by atoms with Gasteiger partial charge in [0.25, 0.3) is 5.92 Å². The number of hydrogen-bond donors (Lipinski definition) is 2. The van der Waals surface area contributed by atoms with Crippen LogP contribution in [0.2, 0.25) is 0 Å². The monoisotopic (exact) mass is 603 g/mol. The van der Waals surface area contributed by atoms with E-state index in [4.69, 9.17) is 10.4 Å². The highest BCUT2D eigenvalue weighted by molar-refractivity contribution is 7.92. The third kappa shape index (κ3) is 6.45. The van der Waals surface area contributed by atoms with Crippen molar-refractivity contribution in [2.75, 3.05) is 13.1 Å². The van der Waals surface area contributed by atoms with E-state index in [-0.39, 0.29) is 24.8 Å². The lowest BCUT2D eigenvalue weighted by molar-refractivity contribution is -0.169. The number of nitrogens with zero attached hydrogens (tertiary/aromatic N) is 4. The number of aromatic nitrogens is 2. The third-order valence-electron chi connectivity index (χ3n) is 7.35. The zero-order valence-corrected chi connectivity index (χ0v) is 22.5. The zero-order valence-electron chi connectivity index (χ0n) is 21.7. The number of carbonyl (C=O) groups excluding carboxylic acids is 1. The molecule has 222 valence electrons. The summed E-state index contributed by atoms with van der Waals surface area (Å²) in [6, 6.07) is 6.41. The summed E-state index contributed by atoms with van der Waals surface area (Å²) in [4.78, 5) is 22.4. The standard InChI is InChI=1S/C20H20F5N3O3S.C5H6N2O2/c1-27-16(6-7-26-27)12-3-5-17(15(9-12)20(23,24)25)32(30,31)14-4-2-13(8-14)18(29)28-10-19(21,22)11-28;6-3-5(1-2-5)7-4(8)9/h3,5-7,9,13-14H,2,4,8,10-11H2,1H3;7H,1-2H2,(H,8,9)/t13-,14-;/m1./s1. The van der Waals surface area contributed by atoms with Gasteiger partial charge in [-0.3, -0.25) is 9.48 Å². The van der Waals surface area contributed by atoms with Crippen LogP contribution in [0.15, 0.2) is 35.4 Å². The number of sulfone groups is 1. The third-order valence-corrected chi connectivity index (χ3v) is 9.62. The summed E-state index contributed by atoms with van der Waals surface area (Å²) in [5.74, 6) is -4.32. The van der Waals surface area contributed by atoms with Gasteiger partial charge < -0.3 is 15.3 Å². The molecule has 2 aliphatic carbocycles. The van der Waals surface area contributed by atoms with Crippen LogP contribution in [0.4, 0.5) is 26.7 Å². The van der Waals surface area contributed by atoms with Crippen molar-refractivity contribution in [2.24, 2.45) is 13.0 Å². The van der Waals surface area contributed by atoms with Gasteiger partial charge in [-0.25, -0.2) is 22.0 Å². The molecule has 2 saturated carbocycles. The van der Waals surface area contributed by atoms with Gasteiger partial charge in [0, 0.05) is 24.7 Å². The number of nitrogens with one attached hydrogen (secondary N) is 1. The Labute approximate surface area is 231 Å². The fourth-order valence-electron chi connectivity index (χ4n) is 4.96. The number of nitriles is 1. The molecule has 1 saturated heterocycles. The second-order valence-electron chi connectivity index (χ2n) is 10.4. The lowest BCUT2D eigenvalue weighted by Crippen LogP contribution is -2.59. The molecule has 5 rings (SSSR count). The van der Waals surface area contributed by atoms with Crippen molar-refractivity contribution in [2.45, 2.75) is 59.9 Å². The molecule has 41 heavy (non-hydrogen) atoms. The van der Waals surface area contributed by atoms with Gasteiger partial charge >= 0.3 is 12.3 Å². The van der Waals surface area contributed by atoms with Crippen LogP contribution in [-0.4, -0.2) is 70.0 Å². The molecule has 0 unspecified atom stereocenters. The first-order valence-electron chi connectivity index (χ1n) is 12.5. The number of aryl methyl sites for hydroxylation is 1. The van der Waals surface area contributed by atoms with Crippen LogP contribution in [0.5, 0.6) is 0 Å². The Hall–Kier alpha value is -3.74. The van der Waals surface area contributed by atoms with Crippen LogP contribution >= 0.6 is 0 Å². The van der Waals surface area contributed by atoms with Crippen molar-refractivity contribution in [1.82, 2.24) is 20.0 Å². The Kier molecular flexibility index (Phi) is 7.80.